The number of rotatable bonds is 3. The van der Waals surface area contributed by atoms with Crippen LogP contribution in [0.5, 0.6) is 0 Å². The third kappa shape index (κ3) is 2.87. The van der Waals surface area contributed by atoms with Crippen molar-refractivity contribution in [1.82, 2.24) is 9.88 Å². The molecule has 3 heteroatoms. The number of nitrogens with zero attached hydrogens (tertiary/aromatic N) is 2. The predicted octanol–water partition coefficient (Wildman–Crippen LogP) is 3.71. The Labute approximate surface area is 114 Å². The Morgan fingerprint density at radius 2 is 2.21 bits per heavy atom. The van der Waals surface area contributed by atoms with E-state index in [0.29, 0.717) is 6.04 Å². The Kier molecular flexibility index (Phi) is 3.65. The highest BCUT2D eigenvalue weighted by Gasteiger charge is 2.25. The highest BCUT2D eigenvalue weighted by atomic mass is 16.3. The molecule has 0 aliphatic carbocycles. The van der Waals surface area contributed by atoms with Crippen LogP contribution in [-0.4, -0.2) is 16.4 Å². The summed E-state index contributed by atoms with van der Waals surface area (Å²) in [4.78, 5) is 7.02. The minimum absolute atomic E-state index is 0.431. The van der Waals surface area contributed by atoms with Gasteiger partial charge in [0.25, 0.3) is 0 Å². The number of hydrogen-bond acceptors (Lipinski definition) is 3. The smallest absolute Gasteiger partial charge is 0.118 e. The highest BCUT2D eigenvalue weighted by Crippen LogP contribution is 2.31. The van der Waals surface area contributed by atoms with Crippen LogP contribution in [0.3, 0.4) is 0 Å². The van der Waals surface area contributed by atoms with Crippen molar-refractivity contribution in [2.75, 3.05) is 6.54 Å². The average Bonchev–Trinajstić information content (AvgIpc) is 2.86. The van der Waals surface area contributed by atoms with E-state index < -0.39 is 0 Å². The van der Waals surface area contributed by atoms with Gasteiger partial charge in [-0.25, -0.2) is 0 Å². The second-order valence-electron chi connectivity index (χ2n) is 5.25. The molecule has 2 aromatic heterocycles. The Morgan fingerprint density at radius 3 is 2.95 bits per heavy atom. The van der Waals surface area contributed by atoms with Gasteiger partial charge in [-0.15, -0.1) is 0 Å². The molecule has 1 fully saturated rings. The van der Waals surface area contributed by atoms with Crippen molar-refractivity contribution < 1.29 is 4.42 Å². The molecule has 0 unspecified atom stereocenters. The molecular weight excluding hydrogens is 236 g/mol. The molecule has 0 amide bonds. The molecule has 0 radical (unpaired) electrons. The Hall–Kier alpha value is -1.61. The third-order valence-corrected chi connectivity index (χ3v) is 3.80. The molecular formula is C16H20N2O. The van der Waals surface area contributed by atoms with Crippen molar-refractivity contribution in [3.63, 3.8) is 0 Å². The van der Waals surface area contributed by atoms with Crippen LogP contribution in [-0.2, 0) is 6.54 Å². The van der Waals surface area contributed by atoms with Crippen LogP contribution >= 0.6 is 0 Å². The number of hydrogen-bond donors (Lipinski definition) is 0. The van der Waals surface area contributed by atoms with E-state index in [1.165, 1.54) is 25.0 Å². The first-order valence-electron chi connectivity index (χ1n) is 7.03. The van der Waals surface area contributed by atoms with Gasteiger partial charge < -0.3 is 4.42 Å². The van der Waals surface area contributed by atoms with E-state index >= 15 is 0 Å². The van der Waals surface area contributed by atoms with Gasteiger partial charge in [-0.05, 0) is 50.6 Å². The minimum atomic E-state index is 0.431. The van der Waals surface area contributed by atoms with E-state index in [0.717, 1.165) is 24.6 Å². The van der Waals surface area contributed by atoms with E-state index in [2.05, 4.69) is 28.1 Å². The maximum atomic E-state index is 5.71. The SMILES string of the molecule is Cc1ccc(CN2CCCC[C@@H]2c2ccccn2)o1. The summed E-state index contributed by atoms with van der Waals surface area (Å²) in [5.74, 6) is 2.04. The first-order valence-corrected chi connectivity index (χ1v) is 7.03. The van der Waals surface area contributed by atoms with Gasteiger partial charge in [0, 0.05) is 6.20 Å². The minimum Gasteiger partial charge on any atom is -0.465 e. The largest absolute Gasteiger partial charge is 0.465 e. The summed E-state index contributed by atoms with van der Waals surface area (Å²) in [6.07, 6.45) is 5.63. The van der Waals surface area contributed by atoms with Gasteiger partial charge in [-0.3, -0.25) is 9.88 Å². The van der Waals surface area contributed by atoms with Crippen molar-refractivity contribution in [3.05, 3.63) is 53.7 Å². The topological polar surface area (TPSA) is 29.3 Å². The zero-order valence-electron chi connectivity index (χ0n) is 11.4. The summed E-state index contributed by atoms with van der Waals surface area (Å²) in [5.41, 5.74) is 1.19. The molecule has 0 aromatic carbocycles. The molecule has 19 heavy (non-hydrogen) atoms. The number of aryl methyl sites for hydroxylation is 1. The Bertz CT molecular complexity index is 521. The van der Waals surface area contributed by atoms with Crippen LogP contribution in [0.4, 0.5) is 0 Å². The highest BCUT2D eigenvalue weighted by molar-refractivity contribution is 5.11. The monoisotopic (exact) mass is 256 g/mol. The summed E-state index contributed by atoms with van der Waals surface area (Å²) in [6.45, 7) is 4.01. The van der Waals surface area contributed by atoms with Crippen molar-refractivity contribution in [3.8, 4) is 0 Å². The second-order valence-corrected chi connectivity index (χ2v) is 5.25. The molecule has 1 atom stereocenters. The standard InChI is InChI=1S/C16H20N2O/c1-13-8-9-14(19-13)12-18-11-5-3-7-16(18)15-6-2-4-10-17-15/h2,4,6,8-10,16H,3,5,7,11-12H2,1H3/t16-/m1/s1. The fourth-order valence-electron chi connectivity index (χ4n) is 2.86. The first kappa shape index (κ1) is 12.4. The molecule has 0 N–H and O–H groups in total. The predicted molar refractivity (Wildman–Crippen MR) is 74.7 cm³/mol. The van der Waals surface area contributed by atoms with Gasteiger partial charge in [0.15, 0.2) is 0 Å². The molecule has 1 aliphatic heterocycles. The van der Waals surface area contributed by atoms with Gasteiger partial charge >= 0.3 is 0 Å². The number of pyridine rings is 1. The quantitative estimate of drug-likeness (QED) is 0.838. The summed E-state index contributed by atoms with van der Waals surface area (Å²) >= 11 is 0. The van der Waals surface area contributed by atoms with Crippen molar-refractivity contribution >= 4 is 0 Å². The number of aromatic nitrogens is 1. The second kappa shape index (κ2) is 5.57. The fraction of sp³-hybridized carbons (Fsp3) is 0.438. The van der Waals surface area contributed by atoms with E-state index in [9.17, 15) is 0 Å². The molecule has 100 valence electrons. The van der Waals surface area contributed by atoms with Gasteiger partial charge in [-0.1, -0.05) is 12.5 Å². The lowest BCUT2D eigenvalue weighted by Crippen LogP contribution is -2.33. The van der Waals surface area contributed by atoms with Crippen molar-refractivity contribution in [1.29, 1.82) is 0 Å². The molecule has 2 aromatic rings. The summed E-state index contributed by atoms with van der Waals surface area (Å²) in [6, 6.07) is 10.7. The van der Waals surface area contributed by atoms with Gasteiger partial charge in [0.05, 0.1) is 18.3 Å². The van der Waals surface area contributed by atoms with Crippen molar-refractivity contribution in [2.45, 2.75) is 38.8 Å². The molecule has 1 saturated heterocycles. The Morgan fingerprint density at radius 1 is 1.26 bits per heavy atom. The molecule has 0 spiro atoms. The van der Waals surface area contributed by atoms with E-state index in [1.807, 2.05) is 25.3 Å². The fourth-order valence-corrected chi connectivity index (χ4v) is 2.86. The maximum absolute atomic E-state index is 5.71. The summed E-state index contributed by atoms with van der Waals surface area (Å²) in [7, 11) is 0. The first-order chi connectivity index (χ1) is 9.33. The van der Waals surface area contributed by atoms with Gasteiger partial charge in [0.1, 0.15) is 11.5 Å². The van der Waals surface area contributed by atoms with Crippen LogP contribution in [0.2, 0.25) is 0 Å². The average molecular weight is 256 g/mol. The number of piperidine rings is 1. The third-order valence-electron chi connectivity index (χ3n) is 3.80. The van der Waals surface area contributed by atoms with Crippen LogP contribution < -0.4 is 0 Å². The molecule has 1 aliphatic rings. The molecule has 0 bridgehead atoms. The van der Waals surface area contributed by atoms with Crippen LogP contribution in [0, 0.1) is 6.92 Å². The van der Waals surface area contributed by atoms with Crippen LogP contribution in [0.1, 0.15) is 42.5 Å². The maximum Gasteiger partial charge on any atom is 0.118 e. The van der Waals surface area contributed by atoms with E-state index in [1.54, 1.807) is 0 Å². The lowest BCUT2D eigenvalue weighted by molar-refractivity contribution is 0.127. The molecule has 0 saturated carbocycles. The summed E-state index contributed by atoms with van der Waals surface area (Å²) < 4.78 is 5.71. The van der Waals surface area contributed by atoms with Crippen LogP contribution in [0.15, 0.2) is 40.9 Å². The number of furan rings is 1. The van der Waals surface area contributed by atoms with Crippen LogP contribution in [0.25, 0.3) is 0 Å². The molecule has 3 rings (SSSR count). The van der Waals surface area contributed by atoms with E-state index in [4.69, 9.17) is 4.42 Å². The zero-order valence-corrected chi connectivity index (χ0v) is 11.4. The number of likely N-dealkylation sites (tertiary alicyclic amines) is 1. The van der Waals surface area contributed by atoms with Crippen molar-refractivity contribution in [2.24, 2.45) is 0 Å². The zero-order chi connectivity index (χ0) is 13.1. The van der Waals surface area contributed by atoms with Gasteiger partial charge in [0.2, 0.25) is 0 Å². The molecule has 3 heterocycles. The lowest BCUT2D eigenvalue weighted by Gasteiger charge is -2.34. The Balaban J connectivity index is 1.77. The van der Waals surface area contributed by atoms with Gasteiger partial charge in [-0.2, -0.15) is 0 Å². The summed E-state index contributed by atoms with van der Waals surface area (Å²) in [5, 5.41) is 0. The lowest BCUT2D eigenvalue weighted by atomic mass is 9.98. The molecule has 3 nitrogen and oxygen atoms in total. The normalized spacial score (nSPS) is 20.6. The van der Waals surface area contributed by atoms with E-state index in [-0.39, 0.29) is 0 Å².